The summed E-state index contributed by atoms with van der Waals surface area (Å²) in [5.74, 6) is -1.54. The number of carboxylic acid groups (broad SMARTS) is 2. The average molecular weight is 262 g/mol. The summed E-state index contributed by atoms with van der Waals surface area (Å²) in [6.45, 7) is 0. The van der Waals surface area contributed by atoms with Gasteiger partial charge in [-0.3, -0.25) is 9.59 Å². The van der Waals surface area contributed by atoms with Crippen molar-refractivity contribution in [3.05, 3.63) is 29.8 Å². The third kappa shape index (κ3) is 1.25. The van der Waals surface area contributed by atoms with Crippen LogP contribution in [0.4, 0.5) is 0 Å². The van der Waals surface area contributed by atoms with Crippen LogP contribution in [0.3, 0.4) is 0 Å². The zero-order valence-electron chi connectivity index (χ0n) is 10.4. The molecule has 0 saturated heterocycles. The molecule has 100 valence electrons. The largest absolute Gasteiger partial charge is 0.497 e. The van der Waals surface area contributed by atoms with E-state index in [1.807, 2.05) is 0 Å². The Kier molecular flexibility index (Phi) is 2.21. The van der Waals surface area contributed by atoms with Crippen molar-refractivity contribution in [1.82, 2.24) is 0 Å². The van der Waals surface area contributed by atoms with Gasteiger partial charge in [-0.2, -0.15) is 0 Å². The Labute approximate surface area is 109 Å². The molecule has 2 N–H and O–H groups in total. The highest BCUT2D eigenvalue weighted by Gasteiger charge is 2.82. The standard InChI is InChI=1S/C14H14O5/c1-19-9-4-2-8(3-5-9)10-13(11(15)16)6-14(10,7-13)12(17)18/h2-5,10H,6-7H2,1H3,(H,15,16)(H,17,18). The molecule has 3 fully saturated rings. The first-order valence-electron chi connectivity index (χ1n) is 6.07. The van der Waals surface area contributed by atoms with Gasteiger partial charge in [0.15, 0.2) is 0 Å². The van der Waals surface area contributed by atoms with Crippen LogP contribution in [0.25, 0.3) is 0 Å². The summed E-state index contributed by atoms with van der Waals surface area (Å²) >= 11 is 0. The fourth-order valence-corrected chi connectivity index (χ4v) is 3.73. The van der Waals surface area contributed by atoms with Crippen molar-refractivity contribution in [2.75, 3.05) is 7.11 Å². The fraction of sp³-hybridized carbons (Fsp3) is 0.429. The molecule has 0 aromatic heterocycles. The van der Waals surface area contributed by atoms with E-state index in [-0.39, 0.29) is 12.8 Å². The third-order valence-corrected chi connectivity index (χ3v) is 4.67. The maximum atomic E-state index is 11.4. The van der Waals surface area contributed by atoms with E-state index in [2.05, 4.69) is 0 Å². The first kappa shape index (κ1) is 12.0. The lowest BCUT2D eigenvalue weighted by Gasteiger charge is -2.71. The van der Waals surface area contributed by atoms with Crippen LogP contribution in [0, 0.1) is 10.8 Å². The van der Waals surface area contributed by atoms with Crippen LogP contribution < -0.4 is 4.74 Å². The average Bonchev–Trinajstić information content (AvgIpc) is 2.26. The van der Waals surface area contributed by atoms with E-state index in [4.69, 9.17) is 4.74 Å². The highest BCUT2D eigenvalue weighted by Crippen LogP contribution is 2.81. The molecule has 1 aromatic rings. The zero-order valence-corrected chi connectivity index (χ0v) is 10.4. The quantitative estimate of drug-likeness (QED) is 0.863. The molecule has 0 amide bonds. The number of benzene rings is 1. The maximum absolute atomic E-state index is 11.4. The van der Waals surface area contributed by atoms with Crippen molar-refractivity contribution < 1.29 is 24.5 Å². The summed E-state index contributed by atoms with van der Waals surface area (Å²) in [6, 6.07) is 6.99. The number of aliphatic carboxylic acids is 2. The van der Waals surface area contributed by atoms with Crippen LogP contribution in [-0.2, 0) is 9.59 Å². The van der Waals surface area contributed by atoms with Crippen molar-refractivity contribution in [1.29, 1.82) is 0 Å². The molecular weight excluding hydrogens is 248 g/mol. The van der Waals surface area contributed by atoms with Crippen molar-refractivity contribution in [3.8, 4) is 5.75 Å². The summed E-state index contributed by atoms with van der Waals surface area (Å²) in [5.41, 5.74) is -0.997. The number of ether oxygens (including phenoxy) is 1. The van der Waals surface area contributed by atoms with Crippen LogP contribution in [0.15, 0.2) is 24.3 Å². The lowest BCUT2D eigenvalue weighted by atomic mass is 9.28. The van der Waals surface area contributed by atoms with Crippen molar-refractivity contribution in [2.24, 2.45) is 10.8 Å². The Morgan fingerprint density at radius 3 is 1.95 bits per heavy atom. The summed E-state index contributed by atoms with van der Waals surface area (Å²) in [7, 11) is 1.55. The molecule has 5 nitrogen and oxygen atoms in total. The Morgan fingerprint density at radius 2 is 1.58 bits per heavy atom. The second kappa shape index (κ2) is 3.50. The minimum atomic E-state index is -0.892. The molecule has 0 radical (unpaired) electrons. The molecule has 0 spiro atoms. The summed E-state index contributed by atoms with van der Waals surface area (Å²) < 4.78 is 5.05. The Bertz CT molecular complexity index is 528. The number of methoxy groups -OCH3 is 1. The molecule has 0 heterocycles. The van der Waals surface area contributed by atoms with Crippen LogP contribution in [0.1, 0.15) is 24.3 Å². The van der Waals surface area contributed by atoms with E-state index < -0.39 is 28.7 Å². The fourth-order valence-electron chi connectivity index (χ4n) is 3.73. The van der Waals surface area contributed by atoms with Crippen LogP contribution >= 0.6 is 0 Å². The summed E-state index contributed by atoms with van der Waals surface area (Å²) in [6.07, 6.45) is 0.475. The zero-order chi connectivity index (χ0) is 13.8. The predicted molar refractivity (Wildman–Crippen MR) is 65.1 cm³/mol. The Morgan fingerprint density at radius 1 is 1.11 bits per heavy atom. The van der Waals surface area contributed by atoms with E-state index in [0.717, 1.165) is 5.56 Å². The molecule has 3 aliphatic rings. The van der Waals surface area contributed by atoms with Gasteiger partial charge in [0.1, 0.15) is 5.75 Å². The van der Waals surface area contributed by atoms with Crippen molar-refractivity contribution >= 4 is 11.9 Å². The minimum Gasteiger partial charge on any atom is -0.497 e. The summed E-state index contributed by atoms with van der Waals surface area (Å²) in [4.78, 5) is 22.8. The van der Waals surface area contributed by atoms with Gasteiger partial charge in [-0.1, -0.05) is 12.1 Å². The molecular formula is C14H14O5. The van der Waals surface area contributed by atoms with Crippen molar-refractivity contribution in [3.63, 3.8) is 0 Å². The number of hydrogen-bond donors (Lipinski definition) is 2. The lowest BCUT2D eigenvalue weighted by Crippen LogP contribution is -2.74. The molecule has 19 heavy (non-hydrogen) atoms. The van der Waals surface area contributed by atoms with Gasteiger partial charge in [-0.05, 0) is 30.5 Å². The second-order valence-electron chi connectivity index (χ2n) is 5.48. The smallest absolute Gasteiger partial charge is 0.310 e. The second-order valence-corrected chi connectivity index (χ2v) is 5.48. The molecule has 0 unspecified atom stereocenters. The number of rotatable bonds is 4. The van der Waals surface area contributed by atoms with Gasteiger partial charge in [0.25, 0.3) is 0 Å². The normalized spacial score (nSPS) is 34.9. The Hall–Kier alpha value is -2.04. The molecule has 1 aromatic carbocycles. The predicted octanol–water partition coefficient (Wildman–Crippen LogP) is 1.73. The molecule has 0 aliphatic heterocycles. The van der Waals surface area contributed by atoms with Gasteiger partial charge in [-0.25, -0.2) is 0 Å². The van der Waals surface area contributed by atoms with E-state index in [1.165, 1.54) is 0 Å². The highest BCUT2D eigenvalue weighted by atomic mass is 16.5. The number of hydrogen-bond acceptors (Lipinski definition) is 3. The lowest BCUT2D eigenvalue weighted by molar-refractivity contribution is -0.245. The molecule has 4 rings (SSSR count). The highest BCUT2D eigenvalue weighted by molar-refractivity contribution is 5.92. The van der Waals surface area contributed by atoms with Gasteiger partial charge < -0.3 is 14.9 Å². The molecule has 3 saturated carbocycles. The van der Waals surface area contributed by atoms with Crippen molar-refractivity contribution in [2.45, 2.75) is 18.8 Å². The number of carboxylic acids is 2. The van der Waals surface area contributed by atoms with E-state index in [9.17, 15) is 19.8 Å². The maximum Gasteiger partial charge on any atom is 0.310 e. The molecule has 2 bridgehead atoms. The first-order valence-corrected chi connectivity index (χ1v) is 6.07. The Balaban J connectivity index is 1.97. The molecule has 5 heteroatoms. The minimum absolute atomic E-state index is 0.237. The van der Waals surface area contributed by atoms with E-state index in [1.54, 1.807) is 31.4 Å². The molecule has 3 aliphatic carbocycles. The SMILES string of the molecule is COc1ccc(C2C3(C(=O)O)CC2(C(=O)O)C3)cc1. The van der Waals surface area contributed by atoms with Gasteiger partial charge in [0.05, 0.1) is 17.9 Å². The van der Waals surface area contributed by atoms with E-state index >= 15 is 0 Å². The van der Waals surface area contributed by atoms with Gasteiger partial charge in [0.2, 0.25) is 0 Å². The van der Waals surface area contributed by atoms with Gasteiger partial charge >= 0.3 is 11.9 Å². The number of carbonyl (C=O) groups is 2. The van der Waals surface area contributed by atoms with Gasteiger partial charge in [0, 0.05) is 5.92 Å². The monoisotopic (exact) mass is 262 g/mol. The van der Waals surface area contributed by atoms with Gasteiger partial charge in [-0.15, -0.1) is 0 Å². The van der Waals surface area contributed by atoms with Crippen LogP contribution in [0.2, 0.25) is 0 Å². The molecule has 0 atom stereocenters. The third-order valence-electron chi connectivity index (χ3n) is 4.67. The summed E-state index contributed by atoms with van der Waals surface area (Å²) in [5, 5.41) is 18.7. The van der Waals surface area contributed by atoms with E-state index in [0.29, 0.717) is 5.75 Å². The van der Waals surface area contributed by atoms with Crippen LogP contribution in [-0.4, -0.2) is 29.3 Å². The topological polar surface area (TPSA) is 83.8 Å². The first-order chi connectivity index (χ1) is 8.96. The van der Waals surface area contributed by atoms with Crippen LogP contribution in [0.5, 0.6) is 5.75 Å².